The fourth-order valence-corrected chi connectivity index (χ4v) is 3.93. The monoisotopic (exact) mass is 342 g/mol. The van der Waals surface area contributed by atoms with Crippen molar-refractivity contribution in [2.75, 3.05) is 7.05 Å². The Hall–Kier alpha value is -0.360. The van der Waals surface area contributed by atoms with Crippen molar-refractivity contribution in [3.63, 3.8) is 0 Å². The summed E-state index contributed by atoms with van der Waals surface area (Å²) >= 11 is 7.09. The first-order valence-electron chi connectivity index (χ1n) is 5.69. The summed E-state index contributed by atoms with van der Waals surface area (Å²) in [5.74, 6) is 0.928. The van der Waals surface area contributed by atoms with E-state index in [9.17, 15) is 0 Å². The summed E-state index contributed by atoms with van der Waals surface area (Å²) in [4.78, 5) is 7.03. The van der Waals surface area contributed by atoms with Crippen LogP contribution in [0, 0.1) is 0 Å². The predicted octanol–water partition coefficient (Wildman–Crippen LogP) is 4.48. The first-order chi connectivity index (χ1) is 8.69. The molecular weight excluding hydrogens is 328 g/mol. The van der Waals surface area contributed by atoms with E-state index in [4.69, 9.17) is 0 Å². The Morgan fingerprint density at radius 3 is 3.06 bits per heavy atom. The molecule has 1 aromatic carbocycles. The molecule has 2 nitrogen and oxygen atoms in total. The SMILES string of the molecule is CNC(C)c1cnc(CSc2cccc(Br)c2)s1. The zero-order valence-electron chi connectivity index (χ0n) is 10.3. The molecule has 1 unspecified atom stereocenters. The number of halogens is 1. The van der Waals surface area contributed by atoms with E-state index in [0.717, 1.165) is 10.2 Å². The van der Waals surface area contributed by atoms with Crippen molar-refractivity contribution in [3.8, 4) is 0 Å². The third-order valence-corrected chi connectivity index (χ3v) is 5.45. The number of hydrogen-bond acceptors (Lipinski definition) is 4. The van der Waals surface area contributed by atoms with Crippen molar-refractivity contribution in [1.29, 1.82) is 0 Å². The lowest BCUT2D eigenvalue weighted by Gasteiger charge is -2.04. The fraction of sp³-hybridized carbons (Fsp3) is 0.308. The summed E-state index contributed by atoms with van der Waals surface area (Å²) in [7, 11) is 1.97. The standard InChI is InChI=1S/C13H15BrN2S2/c1-9(15-2)12-7-16-13(18-12)8-17-11-5-3-4-10(14)6-11/h3-7,9,15H,8H2,1-2H3. The summed E-state index contributed by atoms with van der Waals surface area (Å²) < 4.78 is 1.12. The molecule has 5 heteroatoms. The largest absolute Gasteiger partial charge is 0.312 e. The Bertz CT molecular complexity index is 513. The van der Waals surface area contributed by atoms with Crippen LogP contribution in [0.4, 0.5) is 0 Å². The average molecular weight is 343 g/mol. The number of rotatable bonds is 5. The summed E-state index contributed by atoms with van der Waals surface area (Å²) in [5, 5.41) is 4.41. The molecule has 0 bridgehead atoms. The van der Waals surface area contributed by atoms with Gasteiger partial charge in [0.25, 0.3) is 0 Å². The Morgan fingerprint density at radius 1 is 1.50 bits per heavy atom. The molecule has 0 saturated heterocycles. The molecule has 0 aliphatic carbocycles. The van der Waals surface area contributed by atoms with Crippen LogP contribution >= 0.6 is 39.0 Å². The number of aromatic nitrogens is 1. The summed E-state index contributed by atoms with van der Waals surface area (Å²) in [6.45, 7) is 2.15. The van der Waals surface area contributed by atoms with Crippen molar-refractivity contribution in [3.05, 3.63) is 44.8 Å². The zero-order chi connectivity index (χ0) is 13.0. The minimum Gasteiger partial charge on any atom is -0.312 e. The van der Waals surface area contributed by atoms with Crippen LogP contribution in [0.1, 0.15) is 22.9 Å². The van der Waals surface area contributed by atoms with Gasteiger partial charge in [-0.25, -0.2) is 4.98 Å². The van der Waals surface area contributed by atoms with E-state index in [0.29, 0.717) is 6.04 Å². The van der Waals surface area contributed by atoms with Crippen LogP contribution in [0.2, 0.25) is 0 Å². The highest BCUT2D eigenvalue weighted by Gasteiger charge is 2.08. The maximum Gasteiger partial charge on any atom is 0.103 e. The predicted molar refractivity (Wildman–Crippen MR) is 83.3 cm³/mol. The van der Waals surface area contributed by atoms with Gasteiger partial charge in [0.1, 0.15) is 5.01 Å². The highest BCUT2D eigenvalue weighted by Crippen LogP contribution is 2.28. The molecule has 0 saturated carbocycles. The van der Waals surface area contributed by atoms with Gasteiger partial charge in [-0.15, -0.1) is 23.1 Å². The minimum atomic E-state index is 0.382. The molecule has 96 valence electrons. The zero-order valence-corrected chi connectivity index (χ0v) is 13.5. The van der Waals surface area contributed by atoms with Crippen LogP contribution in [0.3, 0.4) is 0 Å². The number of nitrogens with one attached hydrogen (secondary N) is 1. The number of thioether (sulfide) groups is 1. The van der Waals surface area contributed by atoms with Gasteiger partial charge < -0.3 is 5.32 Å². The summed E-state index contributed by atoms with van der Waals surface area (Å²) in [5.41, 5.74) is 0. The third-order valence-electron chi connectivity index (χ3n) is 2.59. The van der Waals surface area contributed by atoms with E-state index >= 15 is 0 Å². The first-order valence-corrected chi connectivity index (χ1v) is 8.29. The normalized spacial score (nSPS) is 12.6. The number of thiazole rings is 1. The van der Waals surface area contributed by atoms with Gasteiger partial charge >= 0.3 is 0 Å². The molecule has 0 radical (unpaired) electrons. The Labute approximate surface area is 124 Å². The second-order valence-corrected chi connectivity index (χ2v) is 7.02. The molecule has 18 heavy (non-hydrogen) atoms. The molecule has 1 atom stereocenters. The van der Waals surface area contributed by atoms with Crippen LogP contribution < -0.4 is 5.32 Å². The van der Waals surface area contributed by atoms with Gasteiger partial charge in [0.05, 0.1) is 5.75 Å². The van der Waals surface area contributed by atoms with Crippen molar-refractivity contribution in [2.45, 2.75) is 23.6 Å². The van der Waals surface area contributed by atoms with Gasteiger partial charge in [0.15, 0.2) is 0 Å². The Balaban J connectivity index is 1.96. The van der Waals surface area contributed by atoms with Crippen molar-refractivity contribution < 1.29 is 0 Å². The molecule has 2 rings (SSSR count). The molecule has 2 aromatic rings. The number of nitrogens with zero attached hydrogens (tertiary/aromatic N) is 1. The fourth-order valence-electron chi connectivity index (χ4n) is 1.44. The van der Waals surface area contributed by atoms with Crippen LogP contribution in [0.5, 0.6) is 0 Å². The smallest absolute Gasteiger partial charge is 0.103 e. The molecule has 0 spiro atoms. The summed E-state index contributed by atoms with van der Waals surface area (Å²) in [6.07, 6.45) is 1.97. The Kier molecular flexibility index (Phi) is 5.24. The van der Waals surface area contributed by atoms with E-state index in [-0.39, 0.29) is 0 Å². The average Bonchev–Trinajstić information content (AvgIpc) is 2.84. The minimum absolute atomic E-state index is 0.382. The van der Waals surface area contributed by atoms with E-state index in [1.54, 1.807) is 11.3 Å². The molecule has 1 heterocycles. The van der Waals surface area contributed by atoms with Gasteiger partial charge in [0, 0.05) is 26.5 Å². The lowest BCUT2D eigenvalue weighted by atomic mass is 10.3. The molecule has 1 aromatic heterocycles. The second kappa shape index (κ2) is 6.70. The molecule has 0 aliphatic heterocycles. The van der Waals surface area contributed by atoms with E-state index in [1.165, 1.54) is 14.8 Å². The van der Waals surface area contributed by atoms with Gasteiger partial charge in [0.2, 0.25) is 0 Å². The van der Waals surface area contributed by atoms with Crippen molar-refractivity contribution in [2.24, 2.45) is 0 Å². The lowest BCUT2D eigenvalue weighted by Crippen LogP contribution is -2.10. The number of hydrogen-bond donors (Lipinski definition) is 1. The quantitative estimate of drug-likeness (QED) is 0.811. The van der Waals surface area contributed by atoms with Crippen molar-refractivity contribution in [1.82, 2.24) is 10.3 Å². The third kappa shape index (κ3) is 3.82. The highest BCUT2D eigenvalue weighted by molar-refractivity contribution is 9.10. The van der Waals surface area contributed by atoms with E-state index in [2.05, 4.69) is 51.4 Å². The van der Waals surface area contributed by atoms with Gasteiger partial charge in [-0.2, -0.15) is 0 Å². The molecule has 1 N–H and O–H groups in total. The maximum atomic E-state index is 4.47. The first kappa shape index (κ1) is 14.1. The maximum absolute atomic E-state index is 4.47. The molecular formula is C13H15BrN2S2. The Morgan fingerprint density at radius 2 is 2.33 bits per heavy atom. The molecule has 0 amide bonds. The van der Waals surface area contributed by atoms with Crippen LogP contribution in [0.25, 0.3) is 0 Å². The topological polar surface area (TPSA) is 24.9 Å². The summed E-state index contributed by atoms with van der Waals surface area (Å²) in [6, 6.07) is 8.74. The van der Waals surface area contributed by atoms with Crippen LogP contribution in [0.15, 0.2) is 39.8 Å². The van der Waals surface area contributed by atoms with E-state index in [1.807, 2.05) is 31.1 Å². The van der Waals surface area contributed by atoms with E-state index < -0.39 is 0 Å². The molecule has 0 fully saturated rings. The van der Waals surface area contributed by atoms with Gasteiger partial charge in [-0.3, -0.25) is 0 Å². The second-order valence-electron chi connectivity index (χ2n) is 3.91. The number of benzene rings is 1. The van der Waals surface area contributed by atoms with Gasteiger partial charge in [-0.05, 0) is 32.2 Å². The van der Waals surface area contributed by atoms with Crippen LogP contribution in [-0.4, -0.2) is 12.0 Å². The highest BCUT2D eigenvalue weighted by atomic mass is 79.9. The lowest BCUT2D eigenvalue weighted by molar-refractivity contribution is 0.662. The molecule has 0 aliphatic rings. The van der Waals surface area contributed by atoms with Crippen LogP contribution in [-0.2, 0) is 5.75 Å². The van der Waals surface area contributed by atoms with Gasteiger partial charge in [-0.1, -0.05) is 22.0 Å². The van der Waals surface area contributed by atoms with Crippen molar-refractivity contribution >= 4 is 39.0 Å².